The highest BCUT2D eigenvalue weighted by molar-refractivity contribution is 5.93. The molecule has 0 unspecified atom stereocenters. The number of carboxylic acids is 1. The van der Waals surface area contributed by atoms with Gasteiger partial charge in [0, 0.05) is 18.7 Å². The average Bonchev–Trinajstić information content (AvgIpc) is 2.23. The number of nitrogens with one attached hydrogen (secondary N) is 1. The van der Waals surface area contributed by atoms with Crippen molar-refractivity contribution in [2.45, 2.75) is 6.54 Å². The molecule has 1 rings (SSSR count). The highest BCUT2D eigenvalue weighted by atomic mass is 19.1. The van der Waals surface area contributed by atoms with Gasteiger partial charge in [0.25, 0.3) is 0 Å². The summed E-state index contributed by atoms with van der Waals surface area (Å²) in [6.07, 6.45) is 1.64. The van der Waals surface area contributed by atoms with Crippen molar-refractivity contribution in [3.63, 3.8) is 0 Å². The molecule has 0 aliphatic heterocycles. The van der Waals surface area contributed by atoms with Crippen LogP contribution < -0.4 is 5.32 Å². The lowest BCUT2D eigenvalue weighted by atomic mass is 10.2. The lowest BCUT2D eigenvalue weighted by Gasteiger charge is -2.01. The second-order valence-corrected chi connectivity index (χ2v) is 3.02. The fourth-order valence-electron chi connectivity index (χ4n) is 1.04. The van der Waals surface area contributed by atoms with Gasteiger partial charge in [0.05, 0.1) is 0 Å². The summed E-state index contributed by atoms with van der Waals surface area (Å²) < 4.78 is 12.7. The third kappa shape index (κ3) is 4.36. The Hall–Kier alpha value is -2.17. The van der Waals surface area contributed by atoms with Crippen molar-refractivity contribution < 1.29 is 19.1 Å². The van der Waals surface area contributed by atoms with E-state index in [9.17, 15) is 14.0 Å². The molecule has 16 heavy (non-hydrogen) atoms. The van der Waals surface area contributed by atoms with E-state index in [0.717, 1.165) is 12.2 Å². The van der Waals surface area contributed by atoms with Crippen LogP contribution in [0.1, 0.15) is 5.56 Å². The topological polar surface area (TPSA) is 66.4 Å². The molecular formula is C11H10FNO3. The predicted molar refractivity (Wildman–Crippen MR) is 55.0 cm³/mol. The van der Waals surface area contributed by atoms with Gasteiger partial charge in [-0.25, -0.2) is 9.18 Å². The van der Waals surface area contributed by atoms with Crippen LogP contribution in [-0.2, 0) is 16.1 Å². The zero-order chi connectivity index (χ0) is 12.0. The number of amides is 1. The predicted octanol–water partition coefficient (Wildman–Crippen LogP) is 1.08. The standard InChI is InChI=1S/C11H10FNO3/c12-9-3-1-2-8(6-9)7-13-10(14)4-5-11(15)16/h1-6H,7H2,(H,13,14)(H,15,16)/b5-4+. The van der Waals surface area contributed by atoms with Gasteiger partial charge < -0.3 is 10.4 Å². The van der Waals surface area contributed by atoms with Gasteiger partial charge in [0.2, 0.25) is 5.91 Å². The van der Waals surface area contributed by atoms with E-state index >= 15 is 0 Å². The summed E-state index contributed by atoms with van der Waals surface area (Å²) >= 11 is 0. The molecule has 5 heteroatoms. The maximum absolute atomic E-state index is 12.7. The van der Waals surface area contributed by atoms with Gasteiger partial charge in [0.15, 0.2) is 0 Å². The largest absolute Gasteiger partial charge is 0.478 e. The number of carbonyl (C=O) groups is 2. The summed E-state index contributed by atoms with van der Waals surface area (Å²) in [5.74, 6) is -2.11. The van der Waals surface area contributed by atoms with E-state index in [2.05, 4.69) is 5.32 Å². The van der Waals surface area contributed by atoms with E-state index in [1.807, 2.05) is 0 Å². The number of carboxylic acid groups (broad SMARTS) is 1. The molecule has 2 N–H and O–H groups in total. The van der Waals surface area contributed by atoms with Crippen LogP contribution in [0.5, 0.6) is 0 Å². The van der Waals surface area contributed by atoms with Crippen LogP contribution in [0.25, 0.3) is 0 Å². The van der Waals surface area contributed by atoms with E-state index in [-0.39, 0.29) is 12.4 Å². The van der Waals surface area contributed by atoms with Crippen LogP contribution in [0.2, 0.25) is 0 Å². The second kappa shape index (κ2) is 5.65. The van der Waals surface area contributed by atoms with Gasteiger partial charge >= 0.3 is 5.97 Å². The van der Waals surface area contributed by atoms with E-state index < -0.39 is 11.9 Å². The van der Waals surface area contributed by atoms with E-state index in [1.54, 1.807) is 6.07 Å². The fraction of sp³-hybridized carbons (Fsp3) is 0.0909. The fourth-order valence-corrected chi connectivity index (χ4v) is 1.04. The average molecular weight is 223 g/mol. The summed E-state index contributed by atoms with van der Waals surface area (Å²) in [4.78, 5) is 21.2. The molecule has 0 heterocycles. The smallest absolute Gasteiger partial charge is 0.328 e. The van der Waals surface area contributed by atoms with Crippen LogP contribution in [-0.4, -0.2) is 17.0 Å². The normalized spacial score (nSPS) is 10.3. The van der Waals surface area contributed by atoms with Gasteiger partial charge in [-0.05, 0) is 17.7 Å². The number of halogens is 1. The molecule has 0 saturated carbocycles. The molecule has 4 nitrogen and oxygen atoms in total. The monoisotopic (exact) mass is 223 g/mol. The molecule has 0 aliphatic rings. The minimum Gasteiger partial charge on any atom is -0.478 e. The van der Waals surface area contributed by atoms with Crippen molar-refractivity contribution in [1.82, 2.24) is 5.32 Å². The number of hydrogen-bond donors (Lipinski definition) is 2. The number of carbonyl (C=O) groups excluding carboxylic acids is 1. The second-order valence-electron chi connectivity index (χ2n) is 3.02. The van der Waals surface area contributed by atoms with Crippen molar-refractivity contribution in [2.24, 2.45) is 0 Å². The Kier molecular flexibility index (Phi) is 4.20. The summed E-state index contributed by atoms with van der Waals surface area (Å²) in [5, 5.41) is 10.7. The molecular weight excluding hydrogens is 213 g/mol. The molecule has 0 aromatic heterocycles. The molecule has 0 bridgehead atoms. The van der Waals surface area contributed by atoms with E-state index in [1.165, 1.54) is 18.2 Å². The Morgan fingerprint density at radius 1 is 1.38 bits per heavy atom. The summed E-state index contributed by atoms with van der Waals surface area (Å²) in [7, 11) is 0. The van der Waals surface area contributed by atoms with Crippen LogP contribution in [0.3, 0.4) is 0 Å². The highest BCUT2D eigenvalue weighted by Gasteiger charge is 1.98. The minimum absolute atomic E-state index is 0.153. The first kappa shape index (κ1) is 11.9. The molecule has 0 radical (unpaired) electrons. The molecule has 1 aromatic rings. The van der Waals surface area contributed by atoms with Crippen LogP contribution in [0.15, 0.2) is 36.4 Å². The Balaban J connectivity index is 2.46. The number of benzene rings is 1. The van der Waals surface area contributed by atoms with Gasteiger partial charge in [-0.15, -0.1) is 0 Å². The molecule has 0 spiro atoms. The molecule has 0 saturated heterocycles. The zero-order valence-corrected chi connectivity index (χ0v) is 8.31. The third-order valence-corrected chi connectivity index (χ3v) is 1.73. The number of hydrogen-bond acceptors (Lipinski definition) is 2. The first-order valence-corrected chi connectivity index (χ1v) is 4.51. The lowest BCUT2D eigenvalue weighted by molar-refractivity contribution is -0.131. The molecule has 0 fully saturated rings. The quantitative estimate of drug-likeness (QED) is 0.750. The molecule has 1 aromatic carbocycles. The van der Waals surface area contributed by atoms with Gasteiger partial charge in [-0.1, -0.05) is 12.1 Å². The van der Waals surface area contributed by atoms with Crippen molar-refractivity contribution >= 4 is 11.9 Å². The van der Waals surface area contributed by atoms with E-state index in [0.29, 0.717) is 5.56 Å². The molecule has 0 atom stereocenters. The highest BCUT2D eigenvalue weighted by Crippen LogP contribution is 2.02. The van der Waals surface area contributed by atoms with Crippen molar-refractivity contribution in [1.29, 1.82) is 0 Å². The lowest BCUT2D eigenvalue weighted by Crippen LogP contribution is -2.20. The summed E-state index contributed by atoms with van der Waals surface area (Å²) in [5.41, 5.74) is 0.608. The van der Waals surface area contributed by atoms with Gasteiger partial charge in [0.1, 0.15) is 5.82 Å². The Morgan fingerprint density at radius 2 is 2.12 bits per heavy atom. The first-order chi connectivity index (χ1) is 7.58. The zero-order valence-electron chi connectivity index (χ0n) is 8.31. The van der Waals surface area contributed by atoms with E-state index in [4.69, 9.17) is 5.11 Å². The van der Waals surface area contributed by atoms with Crippen LogP contribution >= 0.6 is 0 Å². The summed E-state index contributed by atoms with van der Waals surface area (Å²) in [6.45, 7) is 0.153. The van der Waals surface area contributed by atoms with Crippen LogP contribution in [0.4, 0.5) is 4.39 Å². The number of rotatable bonds is 4. The van der Waals surface area contributed by atoms with Gasteiger partial charge in [-0.2, -0.15) is 0 Å². The first-order valence-electron chi connectivity index (χ1n) is 4.51. The van der Waals surface area contributed by atoms with Crippen molar-refractivity contribution in [3.8, 4) is 0 Å². The van der Waals surface area contributed by atoms with Crippen molar-refractivity contribution in [2.75, 3.05) is 0 Å². The maximum Gasteiger partial charge on any atom is 0.328 e. The van der Waals surface area contributed by atoms with Crippen molar-refractivity contribution in [3.05, 3.63) is 47.8 Å². The molecule has 84 valence electrons. The molecule has 1 amide bonds. The molecule has 0 aliphatic carbocycles. The maximum atomic E-state index is 12.7. The van der Waals surface area contributed by atoms with Gasteiger partial charge in [-0.3, -0.25) is 4.79 Å². The summed E-state index contributed by atoms with van der Waals surface area (Å²) in [6, 6.07) is 5.78. The Morgan fingerprint density at radius 3 is 2.75 bits per heavy atom. The minimum atomic E-state index is -1.19. The Labute approximate surface area is 91.4 Å². The number of aliphatic carboxylic acids is 1. The third-order valence-electron chi connectivity index (χ3n) is 1.73. The Bertz CT molecular complexity index is 429. The SMILES string of the molecule is O=C(O)/C=C/C(=O)NCc1cccc(F)c1. The van der Waals surface area contributed by atoms with Crippen LogP contribution in [0, 0.1) is 5.82 Å².